The molecule has 2 saturated carbocycles. The number of nitrogens with two attached hydrogens (primary N) is 1. The minimum absolute atomic E-state index is 0.0744. The number of carboxylic acid groups (broad SMARTS) is 1. The molecule has 3 heterocycles. The molecule has 1 amide bonds. The average Bonchev–Trinajstić information content (AvgIpc) is 3.76. The molecule has 11 heteroatoms. The van der Waals surface area contributed by atoms with Crippen molar-refractivity contribution in [1.29, 1.82) is 0 Å². The van der Waals surface area contributed by atoms with Gasteiger partial charge in [0.2, 0.25) is 0 Å². The van der Waals surface area contributed by atoms with Crippen LogP contribution in [0.4, 0.5) is 16.0 Å². The van der Waals surface area contributed by atoms with Crippen LogP contribution in [0.1, 0.15) is 87.0 Å². The van der Waals surface area contributed by atoms with Crippen LogP contribution in [0.15, 0.2) is 42.9 Å². The fourth-order valence-electron chi connectivity index (χ4n) is 6.04. The van der Waals surface area contributed by atoms with E-state index in [1.165, 1.54) is 6.07 Å². The Morgan fingerprint density at radius 3 is 2.56 bits per heavy atom. The van der Waals surface area contributed by atoms with Gasteiger partial charge in [0.15, 0.2) is 0 Å². The summed E-state index contributed by atoms with van der Waals surface area (Å²) < 4.78 is 23.8. The number of halogens is 1. The van der Waals surface area contributed by atoms with E-state index in [2.05, 4.69) is 15.3 Å². The van der Waals surface area contributed by atoms with E-state index in [0.717, 1.165) is 24.5 Å². The summed E-state index contributed by atoms with van der Waals surface area (Å²) in [6, 6.07) is 6.46. The maximum atomic E-state index is 16.1. The first-order chi connectivity index (χ1) is 20.5. The second kappa shape index (κ2) is 10.6. The number of amides is 1. The van der Waals surface area contributed by atoms with Gasteiger partial charge in [-0.3, -0.25) is 14.0 Å². The molecule has 2 aliphatic carbocycles. The SMILES string of the molecule is CCOc1cc(C(=O)Nc2cc(C3CC3)ccn2)cc(F)c1-c1nc(C2(C)CCC(C)(C(=O)O)CC2)n2ccnc(N)c12. The molecule has 6 rings (SSSR count). The third-order valence-corrected chi connectivity index (χ3v) is 9.02. The number of fused-ring (bicyclic) bond motifs is 1. The number of hydrogen-bond acceptors (Lipinski definition) is 7. The number of ether oxygens (including phenoxy) is 1. The van der Waals surface area contributed by atoms with E-state index in [0.29, 0.717) is 48.8 Å². The van der Waals surface area contributed by atoms with Crippen LogP contribution in [-0.4, -0.2) is 42.9 Å². The Bertz CT molecular complexity index is 1740. The lowest BCUT2D eigenvalue weighted by molar-refractivity contribution is -0.150. The van der Waals surface area contributed by atoms with Crippen LogP contribution in [0.2, 0.25) is 0 Å². The molecule has 4 aromatic rings. The number of rotatable bonds is 8. The number of nitrogens with zero attached hydrogens (tertiary/aromatic N) is 4. The number of nitrogen functional groups attached to an aromatic ring is 1. The Morgan fingerprint density at radius 2 is 1.88 bits per heavy atom. The second-order valence-electron chi connectivity index (χ2n) is 12.2. The van der Waals surface area contributed by atoms with Crippen molar-refractivity contribution in [2.45, 2.75) is 70.6 Å². The Hall–Kier alpha value is -4.54. The third kappa shape index (κ3) is 5.17. The van der Waals surface area contributed by atoms with Crippen LogP contribution in [0.25, 0.3) is 16.8 Å². The van der Waals surface area contributed by atoms with Gasteiger partial charge in [0.25, 0.3) is 5.91 Å². The number of carbonyl (C=O) groups excluding carboxylic acids is 1. The highest BCUT2D eigenvalue weighted by Gasteiger charge is 2.45. The van der Waals surface area contributed by atoms with Crippen molar-refractivity contribution < 1.29 is 23.8 Å². The number of aliphatic carboxylic acids is 1. The molecule has 43 heavy (non-hydrogen) atoms. The number of benzene rings is 1. The van der Waals surface area contributed by atoms with Crippen LogP contribution >= 0.6 is 0 Å². The number of anilines is 2. The maximum absolute atomic E-state index is 16.1. The Morgan fingerprint density at radius 1 is 1.14 bits per heavy atom. The summed E-state index contributed by atoms with van der Waals surface area (Å²) in [6.45, 7) is 5.81. The lowest BCUT2D eigenvalue weighted by Crippen LogP contribution is -2.39. The van der Waals surface area contributed by atoms with Gasteiger partial charge in [-0.1, -0.05) is 6.92 Å². The summed E-state index contributed by atoms with van der Waals surface area (Å²) in [7, 11) is 0. The van der Waals surface area contributed by atoms with Crippen molar-refractivity contribution in [3.8, 4) is 17.0 Å². The number of imidazole rings is 1. The molecule has 0 saturated heterocycles. The van der Waals surface area contributed by atoms with E-state index in [1.807, 2.05) is 23.5 Å². The van der Waals surface area contributed by atoms with E-state index < -0.39 is 28.5 Å². The zero-order valence-corrected chi connectivity index (χ0v) is 24.5. The summed E-state index contributed by atoms with van der Waals surface area (Å²) in [5, 5.41) is 12.5. The molecule has 3 aromatic heterocycles. The molecular formula is C32H35FN6O4. The monoisotopic (exact) mass is 586 g/mol. The Kier molecular flexibility index (Phi) is 7.06. The zero-order chi connectivity index (χ0) is 30.5. The first-order valence-electron chi connectivity index (χ1n) is 14.6. The van der Waals surface area contributed by atoms with Crippen molar-refractivity contribution in [3.05, 3.63) is 65.6 Å². The molecule has 0 aliphatic heterocycles. The molecule has 0 unspecified atom stereocenters. The summed E-state index contributed by atoms with van der Waals surface area (Å²) in [5.41, 5.74) is 6.99. The summed E-state index contributed by atoms with van der Waals surface area (Å²) in [5.74, 6) is -0.169. The van der Waals surface area contributed by atoms with E-state index in [9.17, 15) is 14.7 Å². The zero-order valence-electron chi connectivity index (χ0n) is 24.5. The lowest BCUT2D eigenvalue weighted by Gasteiger charge is -2.40. The number of carboxylic acids is 1. The molecule has 2 aliphatic rings. The van der Waals surface area contributed by atoms with E-state index in [4.69, 9.17) is 15.5 Å². The van der Waals surface area contributed by atoms with Gasteiger partial charge >= 0.3 is 5.97 Å². The Labute approximate surface area is 248 Å². The van der Waals surface area contributed by atoms with Crippen LogP contribution in [0, 0.1) is 11.2 Å². The van der Waals surface area contributed by atoms with Gasteiger partial charge < -0.3 is 20.9 Å². The molecule has 0 spiro atoms. The summed E-state index contributed by atoms with van der Waals surface area (Å²) >= 11 is 0. The molecule has 0 radical (unpaired) electrons. The van der Waals surface area contributed by atoms with Crippen LogP contribution in [0.3, 0.4) is 0 Å². The van der Waals surface area contributed by atoms with Crippen molar-refractivity contribution in [1.82, 2.24) is 19.4 Å². The molecule has 1 aromatic carbocycles. The second-order valence-corrected chi connectivity index (χ2v) is 12.2. The van der Waals surface area contributed by atoms with E-state index in [-0.39, 0.29) is 35.0 Å². The van der Waals surface area contributed by atoms with Crippen molar-refractivity contribution in [2.24, 2.45) is 5.41 Å². The fourth-order valence-corrected chi connectivity index (χ4v) is 6.04. The quantitative estimate of drug-likeness (QED) is 0.229. The van der Waals surface area contributed by atoms with Gasteiger partial charge in [0.05, 0.1) is 17.6 Å². The standard InChI is InChI=1S/C32H35FN6O4/c1-4-43-22-16-20(28(40)37-23-17-19(7-12-35-23)18-5-6-18)15-21(33)24(22)25-26-27(34)36-13-14-39(26)29(38-25)31(2)8-10-32(3,11-9-31)30(41)42/h7,12-18H,4-6,8-11H2,1-3H3,(H2,34,36)(H,41,42)(H,35,37,40). The smallest absolute Gasteiger partial charge is 0.309 e. The van der Waals surface area contributed by atoms with Crippen LogP contribution in [-0.2, 0) is 10.2 Å². The van der Waals surface area contributed by atoms with Crippen LogP contribution < -0.4 is 15.8 Å². The number of carbonyl (C=O) groups is 2. The highest BCUT2D eigenvalue weighted by Crippen LogP contribution is 2.48. The fraction of sp³-hybridized carbons (Fsp3) is 0.406. The number of nitrogens with one attached hydrogen (secondary N) is 1. The predicted molar refractivity (Wildman–Crippen MR) is 160 cm³/mol. The number of pyridine rings is 1. The molecular weight excluding hydrogens is 551 g/mol. The van der Waals surface area contributed by atoms with E-state index in [1.54, 1.807) is 32.4 Å². The van der Waals surface area contributed by atoms with Crippen molar-refractivity contribution in [2.75, 3.05) is 17.7 Å². The van der Waals surface area contributed by atoms with Crippen molar-refractivity contribution in [3.63, 3.8) is 0 Å². The molecule has 0 bridgehead atoms. The first kappa shape index (κ1) is 28.6. The largest absolute Gasteiger partial charge is 0.493 e. The van der Waals surface area contributed by atoms with Gasteiger partial charge in [-0.15, -0.1) is 0 Å². The predicted octanol–water partition coefficient (Wildman–Crippen LogP) is 5.96. The summed E-state index contributed by atoms with van der Waals surface area (Å²) in [6.07, 6.45) is 9.29. The van der Waals surface area contributed by atoms with E-state index >= 15 is 4.39 Å². The molecule has 4 N–H and O–H groups in total. The van der Waals surface area contributed by atoms with Gasteiger partial charge in [-0.05, 0) is 88.1 Å². The highest BCUT2D eigenvalue weighted by atomic mass is 19.1. The van der Waals surface area contributed by atoms with Gasteiger partial charge in [-0.25, -0.2) is 19.3 Å². The lowest BCUT2D eigenvalue weighted by atomic mass is 9.65. The number of hydrogen-bond donors (Lipinski definition) is 3. The minimum Gasteiger partial charge on any atom is -0.493 e. The Balaban J connectivity index is 1.40. The van der Waals surface area contributed by atoms with Gasteiger partial charge in [0.1, 0.15) is 40.2 Å². The molecule has 0 atom stereocenters. The van der Waals surface area contributed by atoms with Gasteiger partial charge in [-0.2, -0.15) is 0 Å². The van der Waals surface area contributed by atoms with Crippen molar-refractivity contribution >= 4 is 29.0 Å². The highest BCUT2D eigenvalue weighted by molar-refractivity contribution is 6.05. The molecule has 10 nitrogen and oxygen atoms in total. The average molecular weight is 587 g/mol. The third-order valence-electron chi connectivity index (χ3n) is 9.02. The van der Waals surface area contributed by atoms with Gasteiger partial charge in [0, 0.05) is 29.6 Å². The minimum atomic E-state index is -0.810. The molecule has 224 valence electrons. The molecule has 2 fully saturated rings. The summed E-state index contributed by atoms with van der Waals surface area (Å²) in [4.78, 5) is 38.6. The van der Waals surface area contributed by atoms with Crippen LogP contribution in [0.5, 0.6) is 5.75 Å². The maximum Gasteiger partial charge on any atom is 0.309 e. The number of aromatic nitrogens is 4. The topological polar surface area (TPSA) is 145 Å². The first-order valence-corrected chi connectivity index (χ1v) is 14.6. The normalized spacial score (nSPS) is 22.0.